The Bertz CT molecular complexity index is 929. The van der Waals surface area contributed by atoms with E-state index in [0.29, 0.717) is 17.4 Å². The summed E-state index contributed by atoms with van der Waals surface area (Å²) in [4.78, 5) is 15.0. The average Bonchev–Trinajstić information content (AvgIpc) is 3.14. The molecule has 5 nitrogen and oxygen atoms in total. The lowest BCUT2D eigenvalue weighted by atomic mass is 9.90. The molecule has 150 valence electrons. The van der Waals surface area contributed by atoms with Gasteiger partial charge in [0.05, 0.1) is 5.56 Å². The van der Waals surface area contributed by atoms with Crippen molar-refractivity contribution in [2.45, 2.75) is 32.8 Å². The van der Waals surface area contributed by atoms with Crippen LogP contribution >= 0.6 is 0 Å². The Balaban J connectivity index is 1.36. The fourth-order valence-electron chi connectivity index (χ4n) is 3.84. The molecule has 1 fully saturated rings. The molecule has 0 saturated carbocycles. The van der Waals surface area contributed by atoms with Crippen LogP contribution in [0.15, 0.2) is 65.2 Å². The van der Waals surface area contributed by atoms with Gasteiger partial charge in [0.25, 0.3) is 5.91 Å². The molecule has 1 saturated heterocycles. The van der Waals surface area contributed by atoms with E-state index in [9.17, 15) is 4.79 Å². The fraction of sp³-hybridized carbons (Fsp3) is 0.333. The molecule has 2 heterocycles. The number of rotatable bonds is 6. The number of para-hydroxylation sites is 1. The summed E-state index contributed by atoms with van der Waals surface area (Å²) in [6.45, 7) is 3.59. The summed E-state index contributed by atoms with van der Waals surface area (Å²) in [5, 5.41) is 4.04. The number of piperidine rings is 1. The molecule has 0 atom stereocenters. The first-order valence-electron chi connectivity index (χ1n) is 10.2. The molecule has 0 unspecified atom stereocenters. The first-order valence-corrected chi connectivity index (χ1v) is 10.2. The van der Waals surface area contributed by atoms with Crippen LogP contribution in [-0.4, -0.2) is 29.1 Å². The van der Waals surface area contributed by atoms with Crippen molar-refractivity contribution in [3.8, 4) is 5.75 Å². The number of benzene rings is 2. The smallest absolute Gasteiger partial charge is 0.276 e. The maximum Gasteiger partial charge on any atom is 0.276 e. The van der Waals surface area contributed by atoms with Gasteiger partial charge in [-0.1, -0.05) is 53.7 Å². The van der Waals surface area contributed by atoms with Crippen molar-refractivity contribution in [2.24, 2.45) is 5.92 Å². The third-order valence-corrected chi connectivity index (χ3v) is 5.58. The Morgan fingerprint density at radius 3 is 2.41 bits per heavy atom. The second kappa shape index (κ2) is 8.95. The summed E-state index contributed by atoms with van der Waals surface area (Å²) < 4.78 is 11.1. The number of amides is 1. The van der Waals surface area contributed by atoms with Gasteiger partial charge in [0, 0.05) is 13.1 Å². The third-order valence-electron chi connectivity index (χ3n) is 5.58. The standard InChI is InChI=1S/C24H26N2O3/c1-18-22(17-28-21-10-6-3-7-11-21)23(25-29-18)24(27)26-14-12-20(13-15-26)16-19-8-4-2-5-9-19/h2-11,20H,12-17H2,1H3. The van der Waals surface area contributed by atoms with Gasteiger partial charge in [-0.3, -0.25) is 4.79 Å². The number of hydrogen-bond acceptors (Lipinski definition) is 4. The highest BCUT2D eigenvalue weighted by Gasteiger charge is 2.28. The van der Waals surface area contributed by atoms with Crippen LogP contribution in [0.25, 0.3) is 0 Å². The maximum absolute atomic E-state index is 13.1. The number of carbonyl (C=O) groups excluding carboxylic acids is 1. The molecule has 0 aliphatic carbocycles. The van der Waals surface area contributed by atoms with Crippen molar-refractivity contribution in [3.05, 3.63) is 83.2 Å². The van der Waals surface area contributed by atoms with E-state index < -0.39 is 0 Å². The van der Waals surface area contributed by atoms with Gasteiger partial charge in [0.1, 0.15) is 18.1 Å². The van der Waals surface area contributed by atoms with Crippen molar-refractivity contribution in [3.63, 3.8) is 0 Å². The Morgan fingerprint density at radius 1 is 1.07 bits per heavy atom. The molecule has 1 aliphatic heterocycles. The molecule has 0 radical (unpaired) electrons. The Labute approximate surface area is 171 Å². The first kappa shape index (κ1) is 19.2. The minimum Gasteiger partial charge on any atom is -0.489 e. The van der Waals surface area contributed by atoms with Gasteiger partial charge >= 0.3 is 0 Å². The topological polar surface area (TPSA) is 55.6 Å². The van der Waals surface area contributed by atoms with E-state index in [1.807, 2.05) is 48.2 Å². The van der Waals surface area contributed by atoms with E-state index in [-0.39, 0.29) is 12.5 Å². The summed E-state index contributed by atoms with van der Waals surface area (Å²) in [7, 11) is 0. The number of hydrogen-bond donors (Lipinski definition) is 0. The van der Waals surface area contributed by atoms with Crippen LogP contribution in [0.3, 0.4) is 0 Å². The number of nitrogens with zero attached hydrogens (tertiary/aromatic N) is 2. The van der Waals surface area contributed by atoms with Gasteiger partial charge in [-0.25, -0.2) is 0 Å². The van der Waals surface area contributed by atoms with Crippen molar-refractivity contribution in [1.82, 2.24) is 10.1 Å². The van der Waals surface area contributed by atoms with Crippen molar-refractivity contribution >= 4 is 5.91 Å². The summed E-state index contributed by atoms with van der Waals surface area (Å²) >= 11 is 0. The predicted molar refractivity (Wildman–Crippen MR) is 111 cm³/mol. The molecule has 0 N–H and O–H groups in total. The number of ether oxygens (including phenoxy) is 1. The molecule has 2 aromatic carbocycles. The van der Waals surface area contributed by atoms with Gasteiger partial charge in [0.2, 0.25) is 0 Å². The van der Waals surface area contributed by atoms with Crippen molar-refractivity contribution < 1.29 is 14.1 Å². The fourth-order valence-corrected chi connectivity index (χ4v) is 3.84. The van der Waals surface area contributed by atoms with E-state index in [1.165, 1.54) is 5.56 Å². The molecular weight excluding hydrogens is 364 g/mol. The minimum atomic E-state index is -0.0633. The molecule has 0 bridgehead atoms. The first-order chi connectivity index (χ1) is 14.2. The number of aryl methyl sites for hydroxylation is 1. The number of carbonyl (C=O) groups is 1. The Hall–Kier alpha value is -3.08. The molecular formula is C24H26N2O3. The van der Waals surface area contributed by atoms with Crippen LogP contribution in [0.1, 0.15) is 40.2 Å². The monoisotopic (exact) mass is 390 g/mol. The maximum atomic E-state index is 13.1. The Morgan fingerprint density at radius 2 is 1.72 bits per heavy atom. The quantitative estimate of drug-likeness (QED) is 0.614. The van der Waals surface area contributed by atoms with Crippen LogP contribution in [0, 0.1) is 12.8 Å². The molecule has 3 aromatic rings. The highest BCUT2D eigenvalue weighted by Crippen LogP contribution is 2.25. The number of aromatic nitrogens is 1. The van der Waals surface area contributed by atoms with Gasteiger partial charge in [-0.05, 0) is 49.8 Å². The van der Waals surface area contributed by atoms with Crippen LogP contribution in [0.4, 0.5) is 0 Å². The zero-order chi connectivity index (χ0) is 20.1. The van der Waals surface area contributed by atoms with Crippen LogP contribution in [0.5, 0.6) is 5.75 Å². The van der Waals surface area contributed by atoms with Gasteiger partial charge in [-0.2, -0.15) is 0 Å². The lowest BCUT2D eigenvalue weighted by Gasteiger charge is -2.31. The SMILES string of the molecule is Cc1onc(C(=O)N2CCC(Cc3ccccc3)CC2)c1COc1ccccc1. The lowest BCUT2D eigenvalue weighted by Crippen LogP contribution is -2.39. The molecule has 1 amide bonds. The number of likely N-dealkylation sites (tertiary alicyclic amines) is 1. The molecule has 4 rings (SSSR count). The van der Waals surface area contributed by atoms with Crippen LogP contribution in [-0.2, 0) is 13.0 Å². The summed E-state index contributed by atoms with van der Waals surface area (Å²) in [6.07, 6.45) is 3.09. The van der Waals surface area contributed by atoms with E-state index in [0.717, 1.165) is 43.7 Å². The Kier molecular flexibility index (Phi) is 5.94. The molecule has 5 heteroatoms. The summed E-state index contributed by atoms with van der Waals surface area (Å²) in [5.74, 6) is 1.93. The van der Waals surface area contributed by atoms with E-state index in [1.54, 1.807) is 0 Å². The summed E-state index contributed by atoms with van der Waals surface area (Å²) in [6, 6.07) is 20.1. The van der Waals surface area contributed by atoms with Crippen LogP contribution < -0.4 is 4.74 Å². The minimum absolute atomic E-state index is 0.0633. The average molecular weight is 390 g/mol. The second-order valence-corrected chi connectivity index (χ2v) is 7.59. The van der Waals surface area contributed by atoms with Crippen LogP contribution in [0.2, 0.25) is 0 Å². The lowest BCUT2D eigenvalue weighted by molar-refractivity contribution is 0.0677. The van der Waals surface area contributed by atoms with Crippen molar-refractivity contribution in [2.75, 3.05) is 13.1 Å². The molecule has 0 spiro atoms. The largest absolute Gasteiger partial charge is 0.489 e. The third kappa shape index (κ3) is 4.67. The molecule has 1 aromatic heterocycles. The normalized spacial score (nSPS) is 14.7. The van der Waals surface area contributed by atoms with Gasteiger partial charge in [0.15, 0.2) is 5.69 Å². The molecule has 1 aliphatic rings. The highest BCUT2D eigenvalue weighted by molar-refractivity contribution is 5.93. The summed E-state index contributed by atoms with van der Waals surface area (Å²) in [5.41, 5.74) is 2.47. The van der Waals surface area contributed by atoms with E-state index in [2.05, 4.69) is 29.4 Å². The zero-order valence-electron chi connectivity index (χ0n) is 16.7. The van der Waals surface area contributed by atoms with Crippen molar-refractivity contribution in [1.29, 1.82) is 0 Å². The zero-order valence-corrected chi connectivity index (χ0v) is 16.7. The van der Waals surface area contributed by atoms with E-state index >= 15 is 0 Å². The predicted octanol–water partition coefficient (Wildman–Crippen LogP) is 4.66. The second-order valence-electron chi connectivity index (χ2n) is 7.59. The highest BCUT2D eigenvalue weighted by atomic mass is 16.5. The van der Waals surface area contributed by atoms with Gasteiger partial charge < -0.3 is 14.2 Å². The van der Waals surface area contributed by atoms with E-state index in [4.69, 9.17) is 9.26 Å². The van der Waals surface area contributed by atoms with Gasteiger partial charge in [-0.15, -0.1) is 0 Å². The molecule has 29 heavy (non-hydrogen) atoms.